The van der Waals surface area contributed by atoms with Gasteiger partial charge in [-0.05, 0) is 25.9 Å². The molecule has 3 nitrogen and oxygen atoms in total. The monoisotopic (exact) mass is 183 g/mol. The lowest BCUT2D eigenvalue weighted by molar-refractivity contribution is 0.0957. The Labute approximate surface area is 80.9 Å². The van der Waals surface area contributed by atoms with Crippen LogP contribution in [0.2, 0.25) is 0 Å². The van der Waals surface area contributed by atoms with Gasteiger partial charge >= 0.3 is 0 Å². The topological polar surface area (TPSA) is 32.5 Å². The van der Waals surface area contributed by atoms with Gasteiger partial charge in [-0.2, -0.15) is 0 Å². The minimum absolute atomic E-state index is 0.376. The van der Waals surface area contributed by atoms with E-state index < -0.39 is 0 Å². The highest BCUT2D eigenvalue weighted by Crippen LogP contribution is 2.18. The summed E-state index contributed by atoms with van der Waals surface area (Å²) in [4.78, 5) is 5.17. The maximum Gasteiger partial charge on any atom is 0.0374 e. The minimum atomic E-state index is 0.376. The maximum absolute atomic E-state index is 6.14. The van der Waals surface area contributed by atoms with Crippen LogP contribution in [-0.4, -0.2) is 54.6 Å². The molecule has 3 unspecified atom stereocenters. The molecule has 3 heteroatoms. The number of piperazine rings is 1. The first-order valence-electron chi connectivity index (χ1n) is 5.53. The first-order chi connectivity index (χ1) is 6.31. The number of rotatable bonds is 2. The van der Waals surface area contributed by atoms with Gasteiger partial charge in [-0.3, -0.25) is 4.90 Å². The van der Waals surface area contributed by atoms with Crippen LogP contribution in [0.5, 0.6) is 0 Å². The lowest BCUT2D eigenvalue weighted by atomic mass is 10.0. The third-order valence-corrected chi connectivity index (χ3v) is 3.50. The van der Waals surface area contributed by atoms with Crippen LogP contribution < -0.4 is 5.73 Å². The zero-order valence-electron chi connectivity index (χ0n) is 8.58. The summed E-state index contributed by atoms with van der Waals surface area (Å²) in [5, 5.41) is 0. The van der Waals surface area contributed by atoms with E-state index in [1.165, 1.54) is 39.1 Å². The number of nitrogens with two attached hydrogens (primary N) is 1. The molecule has 0 aromatic rings. The molecule has 2 bridgehead atoms. The highest BCUT2D eigenvalue weighted by Gasteiger charge is 2.32. The average molecular weight is 183 g/mol. The average Bonchev–Trinajstić information content (AvgIpc) is 2.50. The van der Waals surface area contributed by atoms with Crippen molar-refractivity contribution in [3.8, 4) is 0 Å². The molecule has 0 aliphatic carbocycles. The van der Waals surface area contributed by atoms with Gasteiger partial charge in [0.05, 0.1) is 0 Å². The Morgan fingerprint density at radius 1 is 1.31 bits per heavy atom. The highest BCUT2D eigenvalue weighted by molar-refractivity contribution is 4.91. The van der Waals surface area contributed by atoms with E-state index in [0.29, 0.717) is 12.1 Å². The minimum Gasteiger partial charge on any atom is -0.326 e. The molecule has 0 radical (unpaired) electrons. The van der Waals surface area contributed by atoms with E-state index in [0.717, 1.165) is 6.42 Å². The molecule has 3 aliphatic heterocycles. The van der Waals surface area contributed by atoms with Gasteiger partial charge in [0, 0.05) is 31.7 Å². The van der Waals surface area contributed by atoms with Crippen LogP contribution >= 0.6 is 0 Å². The van der Waals surface area contributed by atoms with Crippen molar-refractivity contribution in [1.82, 2.24) is 9.80 Å². The van der Waals surface area contributed by atoms with Crippen LogP contribution in [0.4, 0.5) is 0 Å². The first kappa shape index (κ1) is 9.44. The Kier molecular flexibility index (Phi) is 2.86. The third kappa shape index (κ3) is 1.87. The van der Waals surface area contributed by atoms with Crippen molar-refractivity contribution in [1.29, 1.82) is 0 Å². The van der Waals surface area contributed by atoms with Gasteiger partial charge < -0.3 is 10.6 Å². The molecular formula is C10H21N3. The van der Waals surface area contributed by atoms with Gasteiger partial charge in [-0.25, -0.2) is 0 Å². The summed E-state index contributed by atoms with van der Waals surface area (Å²) in [6.45, 7) is 8.43. The molecule has 3 aliphatic rings. The summed E-state index contributed by atoms with van der Waals surface area (Å²) in [7, 11) is 0. The molecule has 0 amide bonds. The van der Waals surface area contributed by atoms with Crippen LogP contribution in [0.3, 0.4) is 0 Å². The molecule has 2 N–H and O–H groups in total. The van der Waals surface area contributed by atoms with Crippen molar-refractivity contribution in [2.24, 2.45) is 5.73 Å². The fraction of sp³-hybridized carbons (Fsp3) is 1.00. The lowest BCUT2D eigenvalue weighted by Gasteiger charge is -2.40. The molecule has 76 valence electrons. The van der Waals surface area contributed by atoms with E-state index >= 15 is 0 Å². The summed E-state index contributed by atoms with van der Waals surface area (Å²) in [6.07, 6.45) is 2.43. The molecular weight excluding hydrogens is 162 g/mol. The van der Waals surface area contributed by atoms with Crippen LogP contribution in [0, 0.1) is 0 Å². The summed E-state index contributed by atoms with van der Waals surface area (Å²) in [5.41, 5.74) is 6.14. The Morgan fingerprint density at radius 3 is 2.92 bits per heavy atom. The molecule has 3 rings (SSSR count). The van der Waals surface area contributed by atoms with Crippen molar-refractivity contribution in [2.75, 3.05) is 32.7 Å². The van der Waals surface area contributed by atoms with Crippen molar-refractivity contribution in [3.05, 3.63) is 0 Å². The van der Waals surface area contributed by atoms with Gasteiger partial charge in [-0.15, -0.1) is 0 Å². The highest BCUT2D eigenvalue weighted by atomic mass is 15.3. The summed E-state index contributed by atoms with van der Waals surface area (Å²) in [6, 6.07) is 1.00. The normalized spacial score (nSPS) is 41.5. The Morgan fingerprint density at radius 2 is 2.15 bits per heavy atom. The molecule has 0 spiro atoms. The Bertz CT molecular complexity index is 168. The van der Waals surface area contributed by atoms with E-state index in [1.54, 1.807) is 0 Å². The molecule has 3 fully saturated rings. The Balaban J connectivity index is 2.03. The zero-order chi connectivity index (χ0) is 9.26. The van der Waals surface area contributed by atoms with Crippen molar-refractivity contribution in [2.45, 2.75) is 31.8 Å². The van der Waals surface area contributed by atoms with Gasteiger partial charge in [0.15, 0.2) is 0 Å². The molecule has 0 aromatic heterocycles. The molecule has 0 aromatic carbocycles. The van der Waals surface area contributed by atoms with E-state index in [4.69, 9.17) is 5.73 Å². The molecule has 13 heavy (non-hydrogen) atoms. The predicted octanol–water partition coefficient (Wildman–Crippen LogP) is 0.114. The fourth-order valence-corrected chi connectivity index (χ4v) is 2.56. The number of hydrogen-bond donors (Lipinski definition) is 1. The molecule has 0 saturated carbocycles. The quantitative estimate of drug-likeness (QED) is 0.660. The van der Waals surface area contributed by atoms with Gasteiger partial charge in [0.1, 0.15) is 0 Å². The second-order valence-corrected chi connectivity index (χ2v) is 4.33. The number of nitrogens with zero attached hydrogens (tertiary/aromatic N) is 2. The lowest BCUT2D eigenvalue weighted by Crippen LogP contribution is -2.57. The maximum atomic E-state index is 6.14. The van der Waals surface area contributed by atoms with E-state index in [-0.39, 0.29) is 0 Å². The van der Waals surface area contributed by atoms with Crippen LogP contribution in [-0.2, 0) is 0 Å². The van der Waals surface area contributed by atoms with E-state index in [9.17, 15) is 0 Å². The fourth-order valence-electron chi connectivity index (χ4n) is 2.56. The van der Waals surface area contributed by atoms with Crippen molar-refractivity contribution < 1.29 is 0 Å². The molecule has 3 saturated heterocycles. The summed E-state index contributed by atoms with van der Waals surface area (Å²) in [5.74, 6) is 0. The molecule has 4 atom stereocenters. The van der Waals surface area contributed by atoms with Gasteiger partial charge in [0.25, 0.3) is 0 Å². The van der Waals surface area contributed by atoms with Crippen LogP contribution in [0.1, 0.15) is 19.8 Å². The predicted molar refractivity (Wildman–Crippen MR) is 54.7 cm³/mol. The van der Waals surface area contributed by atoms with Gasteiger partial charge in [0.2, 0.25) is 0 Å². The standard InChI is InChI=1S/C10H21N3/c1-2-9(11)10-8-12-4-3-5-13(10)7-6-12/h9-10H,2-8,11H2,1H3/t9-,10?/m0/s1. The smallest absolute Gasteiger partial charge is 0.0374 e. The van der Waals surface area contributed by atoms with Crippen molar-refractivity contribution in [3.63, 3.8) is 0 Å². The first-order valence-corrected chi connectivity index (χ1v) is 5.53. The second kappa shape index (κ2) is 3.95. The number of hydrogen-bond acceptors (Lipinski definition) is 3. The Hall–Kier alpha value is -0.120. The second-order valence-electron chi connectivity index (χ2n) is 4.33. The van der Waals surface area contributed by atoms with E-state index in [1.807, 2.05) is 0 Å². The molecule has 3 heterocycles. The van der Waals surface area contributed by atoms with Crippen LogP contribution in [0.25, 0.3) is 0 Å². The zero-order valence-corrected chi connectivity index (χ0v) is 8.58. The summed E-state index contributed by atoms with van der Waals surface area (Å²) < 4.78 is 0. The SMILES string of the molecule is CC[C@H](N)C1CN2CCCN1CC2. The van der Waals surface area contributed by atoms with Crippen molar-refractivity contribution >= 4 is 0 Å². The number of fused-ring (bicyclic) bond motifs is 4. The third-order valence-electron chi connectivity index (χ3n) is 3.50. The summed E-state index contributed by atoms with van der Waals surface area (Å²) >= 11 is 0. The van der Waals surface area contributed by atoms with Crippen LogP contribution in [0.15, 0.2) is 0 Å². The van der Waals surface area contributed by atoms with E-state index in [2.05, 4.69) is 16.7 Å². The largest absolute Gasteiger partial charge is 0.326 e. The van der Waals surface area contributed by atoms with Gasteiger partial charge in [-0.1, -0.05) is 6.92 Å².